The van der Waals surface area contributed by atoms with Gasteiger partial charge in [-0.3, -0.25) is 4.79 Å². The van der Waals surface area contributed by atoms with Crippen LogP contribution in [0.3, 0.4) is 0 Å². The number of hydrogen-bond acceptors (Lipinski definition) is 4. The Hall–Kier alpha value is -1.38. The molecule has 1 saturated heterocycles. The van der Waals surface area contributed by atoms with Crippen molar-refractivity contribution >= 4 is 15.9 Å². The van der Waals surface area contributed by atoms with Crippen molar-refractivity contribution in [1.82, 2.24) is 14.2 Å². The molecule has 2 aliphatic rings. The summed E-state index contributed by atoms with van der Waals surface area (Å²) in [5, 5.41) is 2.94. The van der Waals surface area contributed by atoms with Crippen LogP contribution in [0.15, 0.2) is 17.2 Å². The minimum absolute atomic E-state index is 0.0328. The predicted molar refractivity (Wildman–Crippen MR) is 91.1 cm³/mol. The monoisotopic (exact) mass is 354 g/mol. The van der Waals surface area contributed by atoms with Crippen LogP contribution in [0.25, 0.3) is 0 Å². The van der Waals surface area contributed by atoms with E-state index in [-0.39, 0.29) is 16.8 Å². The highest BCUT2D eigenvalue weighted by Crippen LogP contribution is 2.32. The molecule has 2 fully saturated rings. The fourth-order valence-electron chi connectivity index (χ4n) is 3.27. The van der Waals surface area contributed by atoms with E-state index in [9.17, 15) is 13.2 Å². The van der Waals surface area contributed by atoms with E-state index in [4.69, 9.17) is 5.73 Å². The van der Waals surface area contributed by atoms with Crippen LogP contribution in [-0.4, -0.2) is 48.9 Å². The molecule has 1 aliphatic carbocycles. The van der Waals surface area contributed by atoms with Gasteiger partial charge in [-0.15, -0.1) is 0 Å². The van der Waals surface area contributed by atoms with E-state index in [0.29, 0.717) is 31.2 Å². The van der Waals surface area contributed by atoms with Gasteiger partial charge in [0.15, 0.2) is 0 Å². The summed E-state index contributed by atoms with van der Waals surface area (Å²) < 4.78 is 28.6. The van der Waals surface area contributed by atoms with Gasteiger partial charge in [-0.2, -0.15) is 4.31 Å². The molecular formula is C16H26N4O3S. The van der Waals surface area contributed by atoms with Crippen molar-refractivity contribution in [1.29, 1.82) is 0 Å². The van der Waals surface area contributed by atoms with Crippen molar-refractivity contribution in [2.75, 3.05) is 19.6 Å². The Morgan fingerprint density at radius 1 is 1.33 bits per heavy atom. The van der Waals surface area contributed by atoms with E-state index >= 15 is 0 Å². The third-order valence-corrected chi connectivity index (χ3v) is 6.79. The van der Waals surface area contributed by atoms with Gasteiger partial charge < -0.3 is 15.6 Å². The molecule has 1 aromatic heterocycles. The molecule has 0 aromatic carbocycles. The van der Waals surface area contributed by atoms with Crippen LogP contribution in [-0.2, 0) is 17.1 Å². The Balaban J connectivity index is 1.77. The number of carbonyl (C=O) groups is 1. The molecule has 7 nitrogen and oxygen atoms in total. The fraction of sp³-hybridized carbons (Fsp3) is 0.688. The average molecular weight is 354 g/mol. The molecule has 1 amide bonds. The van der Waals surface area contributed by atoms with Crippen LogP contribution in [0, 0.1) is 5.92 Å². The first kappa shape index (κ1) is 17.4. The number of sulfonamides is 1. The van der Waals surface area contributed by atoms with E-state index in [1.807, 2.05) is 0 Å². The summed E-state index contributed by atoms with van der Waals surface area (Å²) >= 11 is 0. The minimum atomic E-state index is -3.53. The Labute approximate surface area is 143 Å². The lowest BCUT2D eigenvalue weighted by Gasteiger charge is -2.25. The van der Waals surface area contributed by atoms with Gasteiger partial charge in [0, 0.05) is 38.9 Å². The zero-order valence-corrected chi connectivity index (χ0v) is 14.9. The average Bonchev–Trinajstić information content (AvgIpc) is 3.34. The highest BCUT2D eigenvalue weighted by atomic mass is 32.2. The maximum absolute atomic E-state index is 12.7. The van der Waals surface area contributed by atoms with Crippen molar-refractivity contribution in [3.8, 4) is 0 Å². The molecule has 1 atom stereocenters. The molecule has 0 bridgehead atoms. The molecule has 1 aromatic rings. The maximum atomic E-state index is 12.7. The minimum Gasteiger partial charge on any atom is -0.346 e. The fourth-order valence-corrected chi connectivity index (χ4v) is 4.85. The van der Waals surface area contributed by atoms with Crippen LogP contribution in [0.1, 0.15) is 42.6 Å². The van der Waals surface area contributed by atoms with E-state index in [2.05, 4.69) is 5.32 Å². The molecule has 1 unspecified atom stereocenters. The van der Waals surface area contributed by atoms with Gasteiger partial charge >= 0.3 is 0 Å². The number of nitrogens with two attached hydrogens (primary N) is 1. The summed E-state index contributed by atoms with van der Waals surface area (Å²) in [6.45, 7) is 1.51. The number of aryl methyl sites for hydroxylation is 1. The lowest BCUT2D eigenvalue weighted by Crippen LogP contribution is -2.42. The molecule has 3 rings (SSSR count). The van der Waals surface area contributed by atoms with Crippen molar-refractivity contribution in [2.24, 2.45) is 18.7 Å². The van der Waals surface area contributed by atoms with Gasteiger partial charge in [0.2, 0.25) is 10.0 Å². The van der Waals surface area contributed by atoms with Crippen LogP contribution >= 0.6 is 0 Å². The number of amides is 1. The molecule has 0 spiro atoms. The van der Waals surface area contributed by atoms with E-state index in [1.165, 1.54) is 16.6 Å². The molecule has 134 valence electrons. The van der Waals surface area contributed by atoms with Gasteiger partial charge in [-0.1, -0.05) is 6.42 Å². The van der Waals surface area contributed by atoms with Crippen LogP contribution in [0.2, 0.25) is 0 Å². The van der Waals surface area contributed by atoms with E-state index < -0.39 is 10.0 Å². The number of nitrogens with zero attached hydrogens (tertiary/aromatic N) is 2. The quantitative estimate of drug-likeness (QED) is 0.784. The summed E-state index contributed by atoms with van der Waals surface area (Å²) in [5.74, 6) is 0.190. The molecule has 1 aliphatic heterocycles. The molecule has 3 N–H and O–H groups in total. The summed E-state index contributed by atoms with van der Waals surface area (Å²) in [6, 6.07) is 1.44. The number of piperidine rings is 1. The Morgan fingerprint density at radius 2 is 2.00 bits per heavy atom. The SMILES string of the molecule is Cn1cc(S(=O)(=O)N2CCCCC2)cc1C(=O)NC(CN)C1CC1. The van der Waals surface area contributed by atoms with Crippen LogP contribution in [0.4, 0.5) is 0 Å². The van der Waals surface area contributed by atoms with Crippen LogP contribution in [0.5, 0.6) is 0 Å². The Bertz CT molecular complexity index is 703. The van der Waals surface area contributed by atoms with Crippen molar-refractivity contribution in [3.63, 3.8) is 0 Å². The van der Waals surface area contributed by atoms with Gasteiger partial charge in [-0.25, -0.2) is 8.42 Å². The first-order valence-corrected chi connectivity index (χ1v) is 10.0. The zero-order chi connectivity index (χ0) is 17.3. The predicted octanol–water partition coefficient (Wildman–Crippen LogP) is 0.667. The summed E-state index contributed by atoms with van der Waals surface area (Å²) in [7, 11) is -1.83. The first-order valence-electron chi connectivity index (χ1n) is 8.61. The highest BCUT2D eigenvalue weighted by molar-refractivity contribution is 7.89. The molecule has 8 heteroatoms. The summed E-state index contributed by atoms with van der Waals surface area (Å²) in [4.78, 5) is 12.7. The molecular weight excluding hydrogens is 328 g/mol. The number of hydrogen-bond donors (Lipinski definition) is 2. The lowest BCUT2D eigenvalue weighted by atomic mass is 10.2. The molecule has 1 saturated carbocycles. The topological polar surface area (TPSA) is 97.4 Å². The van der Waals surface area contributed by atoms with E-state index in [1.54, 1.807) is 11.6 Å². The maximum Gasteiger partial charge on any atom is 0.268 e. The lowest BCUT2D eigenvalue weighted by molar-refractivity contribution is 0.0925. The Kier molecular flexibility index (Phi) is 4.98. The normalized spacial score (nSPS) is 20.8. The molecule has 2 heterocycles. The second kappa shape index (κ2) is 6.85. The number of aromatic nitrogens is 1. The third-order valence-electron chi connectivity index (χ3n) is 4.93. The van der Waals surface area contributed by atoms with Crippen molar-refractivity contribution in [3.05, 3.63) is 18.0 Å². The van der Waals surface area contributed by atoms with Gasteiger partial charge in [0.25, 0.3) is 5.91 Å². The number of rotatable bonds is 6. The molecule has 24 heavy (non-hydrogen) atoms. The van der Waals surface area contributed by atoms with Crippen molar-refractivity contribution < 1.29 is 13.2 Å². The summed E-state index contributed by atoms with van der Waals surface area (Å²) in [6.07, 6.45) is 6.54. The number of carbonyl (C=O) groups excluding carboxylic acids is 1. The first-order chi connectivity index (χ1) is 11.4. The second-order valence-corrected chi connectivity index (χ2v) is 8.73. The van der Waals surface area contributed by atoms with Gasteiger partial charge in [-0.05, 0) is 37.7 Å². The largest absolute Gasteiger partial charge is 0.346 e. The van der Waals surface area contributed by atoms with Crippen molar-refractivity contribution in [2.45, 2.75) is 43.0 Å². The standard InChI is InChI=1S/C16H26N4O3S/c1-19-11-13(24(22,23)20-7-3-2-4-8-20)9-15(19)16(21)18-14(10-17)12-5-6-12/h9,11-12,14H,2-8,10,17H2,1H3,(H,18,21). The van der Waals surface area contributed by atoms with E-state index in [0.717, 1.165) is 32.1 Å². The summed E-state index contributed by atoms with van der Waals surface area (Å²) in [5.41, 5.74) is 6.08. The highest BCUT2D eigenvalue weighted by Gasteiger charge is 2.33. The Morgan fingerprint density at radius 3 is 2.58 bits per heavy atom. The zero-order valence-electron chi connectivity index (χ0n) is 14.1. The van der Waals surface area contributed by atoms with Gasteiger partial charge in [0.05, 0.1) is 0 Å². The third kappa shape index (κ3) is 3.50. The molecule has 0 radical (unpaired) electrons. The van der Waals surface area contributed by atoms with Crippen LogP contribution < -0.4 is 11.1 Å². The smallest absolute Gasteiger partial charge is 0.268 e. The second-order valence-electron chi connectivity index (χ2n) is 6.79. The van der Waals surface area contributed by atoms with Gasteiger partial charge in [0.1, 0.15) is 10.6 Å². The number of nitrogens with one attached hydrogen (secondary N) is 1.